The molecule has 0 fully saturated rings. The summed E-state index contributed by atoms with van der Waals surface area (Å²) in [6.07, 6.45) is 0. The van der Waals surface area contributed by atoms with Gasteiger partial charge in [0.2, 0.25) is 5.91 Å². The molecule has 0 unspecified atom stereocenters. The fourth-order valence-electron chi connectivity index (χ4n) is 3.42. The predicted molar refractivity (Wildman–Crippen MR) is 148 cm³/mol. The molecule has 0 aliphatic rings. The zero-order chi connectivity index (χ0) is 28.0. The lowest BCUT2D eigenvalue weighted by Gasteiger charge is -2.14. The molecular weight excluding hydrogens is 494 g/mol. The molecule has 0 aromatic heterocycles. The first-order chi connectivity index (χ1) is 18.9. The van der Waals surface area contributed by atoms with Crippen LogP contribution in [0, 0.1) is 30.6 Å². The van der Waals surface area contributed by atoms with E-state index in [1.807, 2.05) is 31.2 Å². The molecule has 0 aliphatic carbocycles. The van der Waals surface area contributed by atoms with Gasteiger partial charge in [-0.1, -0.05) is 36.1 Å². The summed E-state index contributed by atoms with van der Waals surface area (Å²) in [5.74, 6) is 9.94. The molecule has 0 saturated heterocycles. The number of carbonyl (C=O) groups is 3. The molecule has 7 N–H and O–H groups in total. The number of hydrogen-bond donors (Lipinski definition) is 6. The van der Waals surface area contributed by atoms with Gasteiger partial charge in [0, 0.05) is 35.5 Å². The molecule has 0 spiro atoms. The van der Waals surface area contributed by atoms with Crippen LogP contribution in [0.15, 0.2) is 72.8 Å². The lowest BCUT2D eigenvalue weighted by Crippen LogP contribution is -2.50. The molecule has 1 atom stereocenters. The van der Waals surface area contributed by atoms with Gasteiger partial charge < -0.3 is 21.7 Å². The van der Waals surface area contributed by atoms with Gasteiger partial charge in [0.15, 0.2) is 0 Å². The topological polar surface area (TPSA) is 146 Å². The normalized spacial score (nSPS) is 10.6. The lowest BCUT2D eigenvalue weighted by molar-refractivity contribution is -0.130. The highest BCUT2D eigenvalue weighted by molar-refractivity contribution is 5.97. The molecule has 198 valence electrons. The first-order valence-corrected chi connectivity index (χ1v) is 12.1. The van der Waals surface area contributed by atoms with Crippen molar-refractivity contribution in [3.63, 3.8) is 0 Å². The zero-order valence-corrected chi connectivity index (χ0v) is 21.4. The van der Waals surface area contributed by atoms with Gasteiger partial charge in [0.25, 0.3) is 11.8 Å². The van der Waals surface area contributed by atoms with E-state index in [2.05, 4.69) is 39.6 Å². The number of hydrogen-bond acceptors (Lipinski definition) is 6. The maximum absolute atomic E-state index is 12.2. The highest BCUT2D eigenvalue weighted by Crippen LogP contribution is 2.09. The van der Waals surface area contributed by atoms with E-state index in [9.17, 15) is 14.4 Å². The van der Waals surface area contributed by atoms with E-state index in [0.717, 1.165) is 11.1 Å². The van der Waals surface area contributed by atoms with Gasteiger partial charge in [-0.05, 0) is 78.4 Å². The first kappa shape index (κ1) is 28.6. The van der Waals surface area contributed by atoms with E-state index in [-0.39, 0.29) is 19.0 Å². The Balaban J connectivity index is 1.47. The zero-order valence-electron chi connectivity index (χ0n) is 21.4. The number of anilines is 1. The second-order valence-electron chi connectivity index (χ2n) is 8.47. The van der Waals surface area contributed by atoms with Crippen molar-refractivity contribution in [3.05, 3.63) is 101 Å². The quantitative estimate of drug-likeness (QED) is 0.143. The van der Waals surface area contributed by atoms with Crippen molar-refractivity contribution >= 4 is 23.4 Å². The maximum atomic E-state index is 12.2. The molecular formula is C30H29N5O4. The minimum atomic E-state index is -1.05. The summed E-state index contributed by atoms with van der Waals surface area (Å²) in [6.45, 7) is 2.70. The van der Waals surface area contributed by atoms with Crippen molar-refractivity contribution in [3.8, 4) is 23.7 Å². The number of aryl methyl sites for hydroxylation is 1. The maximum Gasteiger partial charge on any atom is 0.267 e. The number of hydroxylamine groups is 1. The van der Waals surface area contributed by atoms with Crippen LogP contribution in [0.3, 0.4) is 0 Å². The van der Waals surface area contributed by atoms with Crippen LogP contribution in [0.25, 0.3) is 0 Å². The Morgan fingerprint density at radius 2 is 1.51 bits per heavy atom. The summed E-state index contributed by atoms with van der Waals surface area (Å²) in [4.78, 5) is 35.9. The number of nitrogens with two attached hydrogens (primary N) is 1. The fourth-order valence-corrected chi connectivity index (χ4v) is 3.42. The Morgan fingerprint density at radius 3 is 2.10 bits per heavy atom. The fraction of sp³-hybridized carbons (Fsp3) is 0.167. The second kappa shape index (κ2) is 14.7. The minimum absolute atomic E-state index is 0.133. The molecule has 0 bridgehead atoms. The number of nitrogens with one attached hydrogen (secondary N) is 4. The number of amides is 3. The monoisotopic (exact) mass is 523 g/mol. The van der Waals surface area contributed by atoms with Gasteiger partial charge in [-0.3, -0.25) is 19.6 Å². The van der Waals surface area contributed by atoms with Gasteiger partial charge in [0.05, 0.1) is 6.54 Å². The summed E-state index contributed by atoms with van der Waals surface area (Å²) in [7, 11) is 0. The van der Waals surface area contributed by atoms with E-state index in [4.69, 9.17) is 10.9 Å². The van der Waals surface area contributed by atoms with Crippen LogP contribution in [0.5, 0.6) is 0 Å². The Kier molecular flexibility index (Phi) is 10.8. The molecule has 3 rings (SSSR count). The molecule has 0 radical (unpaired) electrons. The Hall–Kier alpha value is -4.93. The van der Waals surface area contributed by atoms with Crippen LogP contribution < -0.4 is 27.2 Å². The van der Waals surface area contributed by atoms with E-state index in [0.29, 0.717) is 23.4 Å². The highest BCUT2D eigenvalue weighted by Gasteiger charge is 2.19. The van der Waals surface area contributed by atoms with Crippen molar-refractivity contribution in [2.75, 3.05) is 18.4 Å². The Bertz CT molecular complexity index is 1430. The van der Waals surface area contributed by atoms with Crippen molar-refractivity contribution in [2.24, 2.45) is 5.73 Å². The SMILES string of the molecule is Cc1ccccc1CNCC(=O)Nc1ccc(C#CC#Cc2ccc(C(=O)N[C@@H](CN)C(=O)NO)cc2)cc1. The van der Waals surface area contributed by atoms with E-state index in [1.165, 1.54) is 11.0 Å². The predicted octanol–water partition coefficient (Wildman–Crippen LogP) is 1.69. The summed E-state index contributed by atoms with van der Waals surface area (Å²) < 4.78 is 0. The van der Waals surface area contributed by atoms with Crippen molar-refractivity contribution in [1.29, 1.82) is 0 Å². The van der Waals surface area contributed by atoms with Gasteiger partial charge in [-0.25, -0.2) is 5.48 Å². The first-order valence-electron chi connectivity index (χ1n) is 12.1. The van der Waals surface area contributed by atoms with Gasteiger partial charge >= 0.3 is 0 Å². The molecule has 3 aromatic carbocycles. The van der Waals surface area contributed by atoms with Crippen molar-refractivity contribution < 1.29 is 19.6 Å². The summed E-state index contributed by atoms with van der Waals surface area (Å²) in [6, 6.07) is 20.6. The number of rotatable bonds is 9. The van der Waals surface area contributed by atoms with Gasteiger partial charge in [-0.2, -0.15) is 0 Å². The molecule has 3 aromatic rings. The average Bonchev–Trinajstić information content (AvgIpc) is 2.95. The van der Waals surface area contributed by atoms with Crippen LogP contribution >= 0.6 is 0 Å². The van der Waals surface area contributed by atoms with Crippen LogP contribution in [-0.4, -0.2) is 42.1 Å². The number of benzene rings is 3. The molecule has 9 heteroatoms. The summed E-state index contributed by atoms with van der Waals surface area (Å²) >= 11 is 0. The van der Waals surface area contributed by atoms with Crippen molar-refractivity contribution in [2.45, 2.75) is 19.5 Å². The molecule has 39 heavy (non-hydrogen) atoms. The third kappa shape index (κ3) is 9.15. The smallest absolute Gasteiger partial charge is 0.267 e. The van der Waals surface area contributed by atoms with E-state index < -0.39 is 17.9 Å². The van der Waals surface area contributed by atoms with Crippen molar-refractivity contribution in [1.82, 2.24) is 16.1 Å². The van der Waals surface area contributed by atoms with E-state index >= 15 is 0 Å². The van der Waals surface area contributed by atoms with Gasteiger partial charge in [-0.15, -0.1) is 0 Å². The van der Waals surface area contributed by atoms with Crippen LogP contribution in [0.2, 0.25) is 0 Å². The average molecular weight is 524 g/mol. The molecule has 9 nitrogen and oxygen atoms in total. The summed E-state index contributed by atoms with van der Waals surface area (Å²) in [5.41, 5.74) is 11.6. The largest absolute Gasteiger partial charge is 0.339 e. The van der Waals surface area contributed by atoms with Crippen LogP contribution in [0.4, 0.5) is 5.69 Å². The standard InChI is InChI=1S/C30H29N5O4/c1-21-6-2-5-9-25(21)19-32-20-28(36)33-26-16-12-23(13-17-26)8-4-3-7-22-10-14-24(15-11-22)29(37)34-27(18-31)30(38)35-39/h2,5-6,9-17,27,32,39H,18-20,31H2,1H3,(H,33,36)(H,34,37)(H,35,38)/t27-/m0/s1. The second-order valence-corrected chi connectivity index (χ2v) is 8.47. The Labute approximate surface area is 227 Å². The lowest BCUT2D eigenvalue weighted by atomic mass is 10.1. The molecule has 0 saturated carbocycles. The Morgan fingerprint density at radius 1 is 0.897 bits per heavy atom. The summed E-state index contributed by atoms with van der Waals surface area (Å²) in [5, 5.41) is 17.1. The molecule has 3 amide bonds. The third-order valence-electron chi connectivity index (χ3n) is 5.62. The van der Waals surface area contributed by atoms with Crippen LogP contribution in [0.1, 0.15) is 32.6 Å². The highest BCUT2D eigenvalue weighted by atomic mass is 16.5. The molecule has 0 aliphatic heterocycles. The van der Waals surface area contributed by atoms with Gasteiger partial charge in [0.1, 0.15) is 6.04 Å². The minimum Gasteiger partial charge on any atom is -0.339 e. The van der Waals surface area contributed by atoms with Crippen LogP contribution in [-0.2, 0) is 16.1 Å². The third-order valence-corrected chi connectivity index (χ3v) is 5.62. The van der Waals surface area contributed by atoms with E-state index in [1.54, 1.807) is 48.5 Å². The number of carbonyl (C=O) groups excluding carboxylic acids is 3. The molecule has 0 heterocycles.